The maximum atomic E-state index is 11.2. The van der Waals surface area contributed by atoms with Crippen molar-refractivity contribution in [2.45, 2.75) is 38.8 Å². The van der Waals surface area contributed by atoms with E-state index in [2.05, 4.69) is 18.0 Å². The normalized spacial score (nSPS) is 21.0. The molecule has 0 saturated carbocycles. The number of rotatable bonds is 7. The van der Waals surface area contributed by atoms with E-state index in [1.165, 1.54) is 6.92 Å². The molecular weight excluding hydrogens is 370 g/mol. The maximum absolute atomic E-state index is 11.2. The summed E-state index contributed by atoms with van der Waals surface area (Å²) in [6, 6.07) is 13.7. The summed E-state index contributed by atoms with van der Waals surface area (Å²) in [5.41, 5.74) is 5.03. The van der Waals surface area contributed by atoms with Gasteiger partial charge in [-0.15, -0.1) is 0 Å². The van der Waals surface area contributed by atoms with Crippen LogP contribution in [0.25, 0.3) is 16.7 Å². The van der Waals surface area contributed by atoms with Gasteiger partial charge in [0.2, 0.25) is 12.2 Å². The van der Waals surface area contributed by atoms with E-state index >= 15 is 0 Å². The van der Waals surface area contributed by atoms with Crippen LogP contribution in [0.1, 0.15) is 25.0 Å². The first kappa shape index (κ1) is 21.0. The van der Waals surface area contributed by atoms with Crippen LogP contribution in [-0.2, 0) is 16.0 Å². The van der Waals surface area contributed by atoms with E-state index in [-0.39, 0.29) is 12.5 Å². The number of allylic oxidation sites excluding steroid dienone is 1. The molecule has 2 aromatic rings. The van der Waals surface area contributed by atoms with Crippen LogP contribution in [-0.4, -0.2) is 47.8 Å². The third-order valence-electron chi connectivity index (χ3n) is 4.87. The van der Waals surface area contributed by atoms with Gasteiger partial charge in [0.25, 0.3) is 0 Å². The average Bonchev–Trinajstić information content (AvgIpc) is 3.01. The molecule has 1 heterocycles. The van der Waals surface area contributed by atoms with Gasteiger partial charge in [-0.3, -0.25) is 4.79 Å². The number of aliphatic hydroxyl groups excluding tert-OH is 2. The summed E-state index contributed by atoms with van der Waals surface area (Å²) in [4.78, 5) is 11.2. The second-order valence-electron chi connectivity index (χ2n) is 7.29. The van der Waals surface area contributed by atoms with Crippen LogP contribution in [0.4, 0.5) is 0 Å². The van der Waals surface area contributed by atoms with E-state index in [0.717, 1.165) is 27.8 Å². The van der Waals surface area contributed by atoms with E-state index < -0.39 is 18.5 Å². The van der Waals surface area contributed by atoms with Crippen LogP contribution in [0.15, 0.2) is 49.0 Å². The molecule has 0 aromatic heterocycles. The van der Waals surface area contributed by atoms with Gasteiger partial charge in [0.1, 0.15) is 18.0 Å². The molecule has 29 heavy (non-hydrogen) atoms. The van der Waals surface area contributed by atoms with E-state index in [1.54, 1.807) is 6.07 Å². The highest BCUT2D eigenvalue weighted by atomic mass is 16.7. The lowest BCUT2D eigenvalue weighted by Crippen LogP contribution is -2.33. The highest BCUT2D eigenvalue weighted by molar-refractivity contribution is 5.75. The lowest BCUT2D eigenvalue weighted by atomic mass is 9.95. The van der Waals surface area contributed by atoms with Gasteiger partial charge in [0.15, 0.2) is 0 Å². The number of carbonyl (C=O) groups excluding carboxylic acids is 1. The van der Waals surface area contributed by atoms with Crippen molar-refractivity contribution in [3.05, 3.63) is 60.2 Å². The molecule has 6 nitrogen and oxygen atoms in total. The Morgan fingerprint density at radius 1 is 1.24 bits per heavy atom. The Balaban J connectivity index is 1.91. The summed E-state index contributed by atoms with van der Waals surface area (Å²) < 4.78 is 11.1. The van der Waals surface area contributed by atoms with Gasteiger partial charge in [0, 0.05) is 13.5 Å². The zero-order valence-electron chi connectivity index (χ0n) is 16.7. The standard InChI is InChI=1S/C23H27NO5/c1-14(2)17-5-4-6-18(11-17)20-12-19(29-23-22(27)21(26)13-28-23)8-7-16(20)9-10-24-15(3)25/h4-8,11-12,21-23,26-27H,1,9-10,13H2,2-3H3,(H,24,25). The van der Waals surface area contributed by atoms with Gasteiger partial charge in [-0.05, 0) is 53.8 Å². The summed E-state index contributed by atoms with van der Waals surface area (Å²) in [7, 11) is 0. The summed E-state index contributed by atoms with van der Waals surface area (Å²) in [5.74, 6) is 0.462. The van der Waals surface area contributed by atoms with Gasteiger partial charge in [0.05, 0.1) is 6.61 Å². The Morgan fingerprint density at radius 2 is 2.03 bits per heavy atom. The van der Waals surface area contributed by atoms with E-state index in [0.29, 0.717) is 18.7 Å². The van der Waals surface area contributed by atoms with Crippen LogP contribution in [0, 0.1) is 0 Å². The van der Waals surface area contributed by atoms with E-state index in [4.69, 9.17) is 9.47 Å². The van der Waals surface area contributed by atoms with Gasteiger partial charge in [-0.2, -0.15) is 0 Å². The first-order chi connectivity index (χ1) is 13.8. The smallest absolute Gasteiger partial charge is 0.228 e. The molecule has 3 N–H and O–H groups in total. The second-order valence-corrected chi connectivity index (χ2v) is 7.29. The Hall–Kier alpha value is -2.67. The fourth-order valence-electron chi connectivity index (χ4n) is 3.25. The molecule has 3 atom stereocenters. The molecular formula is C23H27NO5. The van der Waals surface area contributed by atoms with Crippen LogP contribution >= 0.6 is 0 Å². The Morgan fingerprint density at radius 3 is 2.69 bits per heavy atom. The molecule has 1 amide bonds. The number of nitrogens with one attached hydrogen (secondary N) is 1. The number of carbonyl (C=O) groups is 1. The van der Waals surface area contributed by atoms with Crippen LogP contribution in [0.2, 0.25) is 0 Å². The Labute approximate surface area is 170 Å². The molecule has 0 radical (unpaired) electrons. The highest BCUT2D eigenvalue weighted by Gasteiger charge is 2.36. The molecule has 0 spiro atoms. The van der Waals surface area contributed by atoms with Crippen molar-refractivity contribution in [2.24, 2.45) is 0 Å². The molecule has 1 saturated heterocycles. The topological polar surface area (TPSA) is 88.0 Å². The SMILES string of the molecule is C=C(C)c1cccc(-c2cc(OC3OCC(O)C3O)ccc2CCNC(C)=O)c1. The molecule has 3 unspecified atom stereocenters. The highest BCUT2D eigenvalue weighted by Crippen LogP contribution is 2.31. The fourth-order valence-corrected chi connectivity index (χ4v) is 3.25. The van der Waals surface area contributed by atoms with Gasteiger partial charge >= 0.3 is 0 Å². The van der Waals surface area contributed by atoms with E-state index in [9.17, 15) is 15.0 Å². The molecule has 3 rings (SSSR count). The van der Waals surface area contributed by atoms with Crippen LogP contribution < -0.4 is 10.1 Å². The number of amides is 1. The van der Waals surface area contributed by atoms with Gasteiger partial charge in [-0.1, -0.05) is 36.4 Å². The van der Waals surface area contributed by atoms with Crippen molar-refractivity contribution in [1.29, 1.82) is 0 Å². The first-order valence-corrected chi connectivity index (χ1v) is 9.63. The van der Waals surface area contributed by atoms with Crippen LogP contribution in [0.3, 0.4) is 0 Å². The van der Waals surface area contributed by atoms with Crippen molar-refractivity contribution in [3.8, 4) is 16.9 Å². The lowest BCUT2D eigenvalue weighted by Gasteiger charge is -2.19. The minimum Gasteiger partial charge on any atom is -0.462 e. The second kappa shape index (κ2) is 9.22. The van der Waals surface area contributed by atoms with Crippen molar-refractivity contribution >= 4 is 11.5 Å². The zero-order chi connectivity index (χ0) is 21.0. The maximum Gasteiger partial charge on any atom is 0.228 e. The largest absolute Gasteiger partial charge is 0.462 e. The predicted molar refractivity (Wildman–Crippen MR) is 111 cm³/mol. The molecule has 6 heteroatoms. The molecule has 1 fully saturated rings. The van der Waals surface area contributed by atoms with Crippen molar-refractivity contribution < 1.29 is 24.5 Å². The quantitative estimate of drug-likeness (QED) is 0.668. The lowest BCUT2D eigenvalue weighted by molar-refractivity contribution is -0.118. The van der Waals surface area contributed by atoms with Gasteiger partial charge < -0.3 is 25.0 Å². The van der Waals surface area contributed by atoms with Crippen molar-refractivity contribution in [2.75, 3.05) is 13.2 Å². The zero-order valence-corrected chi connectivity index (χ0v) is 16.7. The van der Waals surface area contributed by atoms with Crippen molar-refractivity contribution in [3.63, 3.8) is 0 Å². The number of aliphatic hydroxyl groups is 2. The summed E-state index contributed by atoms with van der Waals surface area (Å²) in [6.45, 7) is 8.03. The fraction of sp³-hybridized carbons (Fsp3) is 0.348. The molecule has 1 aliphatic heterocycles. The van der Waals surface area contributed by atoms with Gasteiger partial charge in [-0.25, -0.2) is 0 Å². The molecule has 1 aliphatic rings. The molecule has 154 valence electrons. The van der Waals surface area contributed by atoms with E-state index in [1.807, 2.05) is 37.3 Å². The average molecular weight is 397 g/mol. The number of benzene rings is 2. The minimum absolute atomic E-state index is 0.0359. The minimum atomic E-state index is -1.09. The van der Waals surface area contributed by atoms with Crippen molar-refractivity contribution in [1.82, 2.24) is 5.32 Å². The summed E-state index contributed by atoms with van der Waals surface area (Å²) >= 11 is 0. The monoisotopic (exact) mass is 397 g/mol. The Bertz CT molecular complexity index is 895. The summed E-state index contributed by atoms with van der Waals surface area (Å²) in [6.07, 6.45) is -2.30. The first-order valence-electron chi connectivity index (χ1n) is 9.63. The number of hydrogen-bond acceptors (Lipinski definition) is 5. The number of ether oxygens (including phenoxy) is 2. The molecule has 2 aromatic carbocycles. The predicted octanol–water partition coefficient (Wildman–Crippen LogP) is 2.52. The molecule has 0 aliphatic carbocycles. The molecule has 0 bridgehead atoms. The third-order valence-corrected chi connectivity index (χ3v) is 4.87. The van der Waals surface area contributed by atoms with Crippen LogP contribution in [0.5, 0.6) is 5.75 Å². The summed E-state index contributed by atoms with van der Waals surface area (Å²) in [5, 5.41) is 22.4. The Kier molecular flexibility index (Phi) is 6.69. The number of hydrogen-bond donors (Lipinski definition) is 3. The third kappa shape index (κ3) is 5.23.